The summed E-state index contributed by atoms with van der Waals surface area (Å²) in [4.78, 5) is 11.8. The molecular formula is C13H16O5. The quantitative estimate of drug-likeness (QED) is 0.803. The minimum Gasteiger partial charge on any atom is -0.467 e. The van der Waals surface area contributed by atoms with Crippen LogP contribution in [0.3, 0.4) is 0 Å². The second-order valence-electron chi connectivity index (χ2n) is 4.09. The van der Waals surface area contributed by atoms with Gasteiger partial charge in [0.25, 0.3) is 0 Å². The van der Waals surface area contributed by atoms with Crippen molar-refractivity contribution in [2.24, 2.45) is 0 Å². The molecule has 5 nitrogen and oxygen atoms in total. The average Bonchev–Trinajstić information content (AvgIpc) is 2.91. The normalized spacial score (nSPS) is 19.4. The van der Waals surface area contributed by atoms with Gasteiger partial charge in [-0.2, -0.15) is 0 Å². The van der Waals surface area contributed by atoms with Crippen molar-refractivity contribution in [2.45, 2.75) is 18.3 Å². The predicted molar refractivity (Wildman–Crippen MR) is 62.7 cm³/mol. The SMILES string of the molecule is COC(=O)C(O)(CC1OCCO1)c1ccccc1. The Hall–Kier alpha value is -1.43. The van der Waals surface area contributed by atoms with Gasteiger partial charge in [-0.1, -0.05) is 30.3 Å². The van der Waals surface area contributed by atoms with E-state index in [2.05, 4.69) is 4.74 Å². The first kappa shape index (κ1) is 13.0. The maximum absolute atomic E-state index is 11.8. The number of methoxy groups -OCH3 is 1. The van der Waals surface area contributed by atoms with Gasteiger partial charge in [-0.25, -0.2) is 4.79 Å². The van der Waals surface area contributed by atoms with Gasteiger partial charge in [-0.3, -0.25) is 0 Å². The molecule has 0 spiro atoms. The highest BCUT2D eigenvalue weighted by atomic mass is 16.7. The van der Waals surface area contributed by atoms with Crippen molar-refractivity contribution in [3.8, 4) is 0 Å². The molecule has 0 amide bonds. The summed E-state index contributed by atoms with van der Waals surface area (Å²) in [5.74, 6) is -0.715. The fourth-order valence-electron chi connectivity index (χ4n) is 1.97. The molecule has 0 radical (unpaired) electrons. The number of benzene rings is 1. The van der Waals surface area contributed by atoms with Crippen LogP contribution in [0.5, 0.6) is 0 Å². The highest BCUT2D eigenvalue weighted by molar-refractivity contribution is 5.81. The molecule has 18 heavy (non-hydrogen) atoms. The second-order valence-corrected chi connectivity index (χ2v) is 4.09. The zero-order valence-electron chi connectivity index (χ0n) is 10.2. The summed E-state index contributed by atoms with van der Waals surface area (Å²) >= 11 is 0. The predicted octanol–water partition coefficient (Wildman–Crippen LogP) is 0.810. The molecule has 1 saturated heterocycles. The fraction of sp³-hybridized carbons (Fsp3) is 0.462. The van der Waals surface area contributed by atoms with E-state index < -0.39 is 17.9 Å². The Morgan fingerprint density at radius 3 is 2.56 bits per heavy atom. The summed E-state index contributed by atoms with van der Waals surface area (Å²) in [6.07, 6.45) is -0.571. The molecule has 0 aliphatic carbocycles. The standard InChI is InChI=1S/C13H16O5/c1-16-12(14)13(15,9-11-17-7-8-18-11)10-5-3-2-4-6-10/h2-6,11,15H,7-9H2,1H3. The van der Waals surface area contributed by atoms with Gasteiger partial charge in [0.05, 0.1) is 20.3 Å². The van der Waals surface area contributed by atoms with Crippen LogP contribution >= 0.6 is 0 Å². The Morgan fingerprint density at radius 2 is 2.00 bits per heavy atom. The van der Waals surface area contributed by atoms with Gasteiger partial charge < -0.3 is 19.3 Å². The number of rotatable bonds is 4. The van der Waals surface area contributed by atoms with Gasteiger partial charge >= 0.3 is 5.97 Å². The molecule has 1 aliphatic heterocycles. The zero-order valence-corrected chi connectivity index (χ0v) is 10.2. The third-order valence-corrected chi connectivity index (χ3v) is 2.93. The third kappa shape index (κ3) is 2.53. The topological polar surface area (TPSA) is 65.0 Å². The number of ether oxygens (including phenoxy) is 3. The molecule has 1 aromatic rings. The lowest BCUT2D eigenvalue weighted by molar-refractivity contribution is -0.174. The van der Waals surface area contributed by atoms with Crippen LogP contribution in [0.1, 0.15) is 12.0 Å². The lowest BCUT2D eigenvalue weighted by atomic mass is 9.90. The van der Waals surface area contributed by atoms with Crippen molar-refractivity contribution < 1.29 is 24.1 Å². The molecule has 1 fully saturated rings. The third-order valence-electron chi connectivity index (χ3n) is 2.93. The number of hydrogen-bond acceptors (Lipinski definition) is 5. The molecule has 98 valence electrons. The summed E-state index contributed by atoms with van der Waals surface area (Å²) in [7, 11) is 1.24. The Balaban J connectivity index is 2.25. The maximum Gasteiger partial charge on any atom is 0.342 e. The first-order valence-electron chi connectivity index (χ1n) is 5.76. The van der Waals surface area contributed by atoms with E-state index in [-0.39, 0.29) is 6.42 Å². The lowest BCUT2D eigenvalue weighted by Crippen LogP contribution is -2.40. The van der Waals surface area contributed by atoms with Gasteiger partial charge in [0.1, 0.15) is 0 Å². The second kappa shape index (κ2) is 5.48. The first-order chi connectivity index (χ1) is 8.66. The van der Waals surface area contributed by atoms with Crippen molar-refractivity contribution in [1.29, 1.82) is 0 Å². The molecule has 0 bridgehead atoms. The molecule has 0 aromatic heterocycles. The number of carbonyl (C=O) groups is 1. The number of hydrogen-bond donors (Lipinski definition) is 1. The van der Waals surface area contributed by atoms with E-state index in [4.69, 9.17) is 9.47 Å². The Kier molecular flexibility index (Phi) is 3.96. The number of aliphatic hydroxyl groups is 1. The summed E-state index contributed by atoms with van der Waals surface area (Å²) in [5.41, 5.74) is -1.28. The van der Waals surface area contributed by atoms with E-state index in [1.54, 1.807) is 24.3 Å². The van der Waals surface area contributed by atoms with E-state index in [0.717, 1.165) is 0 Å². The van der Waals surface area contributed by atoms with Crippen LogP contribution in [0, 0.1) is 0 Å². The van der Waals surface area contributed by atoms with E-state index in [1.807, 2.05) is 6.07 Å². The molecule has 2 rings (SSSR count). The van der Waals surface area contributed by atoms with Gasteiger partial charge in [0.15, 0.2) is 11.9 Å². The Labute approximate surface area is 105 Å². The van der Waals surface area contributed by atoms with Crippen LogP contribution in [-0.2, 0) is 24.6 Å². The van der Waals surface area contributed by atoms with Gasteiger partial charge in [-0.05, 0) is 5.56 Å². The van der Waals surface area contributed by atoms with Gasteiger partial charge in [-0.15, -0.1) is 0 Å². The summed E-state index contributed by atoms with van der Waals surface area (Å²) in [5, 5.41) is 10.6. The Morgan fingerprint density at radius 1 is 1.39 bits per heavy atom. The van der Waals surface area contributed by atoms with Crippen LogP contribution in [-0.4, -0.2) is 37.7 Å². The zero-order chi connectivity index (χ0) is 13.0. The lowest BCUT2D eigenvalue weighted by Gasteiger charge is -2.27. The molecule has 0 saturated carbocycles. The van der Waals surface area contributed by atoms with Crippen molar-refractivity contribution >= 4 is 5.97 Å². The maximum atomic E-state index is 11.8. The van der Waals surface area contributed by atoms with E-state index in [0.29, 0.717) is 18.8 Å². The van der Waals surface area contributed by atoms with Crippen molar-refractivity contribution in [3.05, 3.63) is 35.9 Å². The molecule has 1 N–H and O–H groups in total. The fourth-order valence-corrected chi connectivity index (χ4v) is 1.97. The van der Waals surface area contributed by atoms with Crippen LogP contribution < -0.4 is 0 Å². The Bertz CT molecular complexity index is 399. The van der Waals surface area contributed by atoms with Gasteiger partial charge in [0.2, 0.25) is 0 Å². The van der Waals surface area contributed by atoms with Gasteiger partial charge in [0, 0.05) is 6.42 Å². The number of esters is 1. The largest absolute Gasteiger partial charge is 0.467 e. The van der Waals surface area contributed by atoms with Crippen LogP contribution in [0.25, 0.3) is 0 Å². The van der Waals surface area contributed by atoms with E-state index >= 15 is 0 Å². The van der Waals surface area contributed by atoms with Crippen LogP contribution in [0.15, 0.2) is 30.3 Å². The van der Waals surface area contributed by atoms with Crippen LogP contribution in [0.4, 0.5) is 0 Å². The monoisotopic (exact) mass is 252 g/mol. The smallest absolute Gasteiger partial charge is 0.342 e. The van der Waals surface area contributed by atoms with Crippen molar-refractivity contribution in [1.82, 2.24) is 0 Å². The average molecular weight is 252 g/mol. The minimum atomic E-state index is -1.75. The molecule has 1 heterocycles. The highest BCUT2D eigenvalue weighted by Crippen LogP contribution is 2.30. The molecule has 1 atom stereocenters. The first-order valence-corrected chi connectivity index (χ1v) is 5.76. The molecular weight excluding hydrogens is 236 g/mol. The van der Waals surface area contributed by atoms with E-state index in [1.165, 1.54) is 7.11 Å². The molecule has 5 heteroatoms. The number of carbonyl (C=O) groups excluding carboxylic acids is 1. The summed E-state index contributed by atoms with van der Waals surface area (Å²) in [6.45, 7) is 0.938. The molecule has 1 unspecified atom stereocenters. The van der Waals surface area contributed by atoms with Crippen LogP contribution in [0.2, 0.25) is 0 Å². The van der Waals surface area contributed by atoms with Crippen molar-refractivity contribution in [3.63, 3.8) is 0 Å². The molecule has 1 aliphatic rings. The summed E-state index contributed by atoms with van der Waals surface area (Å²) in [6, 6.07) is 8.65. The van der Waals surface area contributed by atoms with Crippen molar-refractivity contribution in [2.75, 3.05) is 20.3 Å². The molecule has 1 aromatic carbocycles. The van der Waals surface area contributed by atoms with E-state index in [9.17, 15) is 9.90 Å². The highest BCUT2D eigenvalue weighted by Gasteiger charge is 2.42. The summed E-state index contributed by atoms with van der Waals surface area (Å²) < 4.78 is 15.2. The minimum absolute atomic E-state index is 0.0175.